The van der Waals surface area contributed by atoms with E-state index in [9.17, 15) is 4.79 Å². The van der Waals surface area contributed by atoms with Crippen LogP contribution in [0.15, 0.2) is 0 Å². The molecule has 0 aliphatic rings. The molecule has 1 amide bonds. The molecule has 0 aliphatic heterocycles. The fourth-order valence-corrected chi connectivity index (χ4v) is 1.45. The van der Waals surface area contributed by atoms with Gasteiger partial charge in [-0.05, 0) is 24.4 Å². The summed E-state index contributed by atoms with van der Waals surface area (Å²) < 4.78 is 5.15. The molecule has 0 fully saturated rings. The molecule has 20 heavy (non-hydrogen) atoms. The molecule has 1 heterocycles. The number of carbonyl (C=O) groups excluding carboxylic acids is 1. The minimum Gasteiger partial charge on any atom is -0.464 e. The van der Waals surface area contributed by atoms with Gasteiger partial charge in [0.05, 0.1) is 6.61 Å². The van der Waals surface area contributed by atoms with Crippen LogP contribution in [0, 0.1) is 5.92 Å². The first-order chi connectivity index (χ1) is 9.51. The van der Waals surface area contributed by atoms with Gasteiger partial charge in [-0.2, -0.15) is 15.0 Å². The highest BCUT2D eigenvalue weighted by Crippen LogP contribution is 2.11. The van der Waals surface area contributed by atoms with Gasteiger partial charge in [0.1, 0.15) is 0 Å². The van der Waals surface area contributed by atoms with Gasteiger partial charge in [0.15, 0.2) is 0 Å². The first kappa shape index (κ1) is 16.4. The average Bonchev–Trinajstić information content (AvgIpc) is 2.36. The van der Waals surface area contributed by atoms with E-state index < -0.39 is 0 Å². The molecule has 1 aromatic rings. The molecule has 0 atom stereocenters. The molecule has 0 spiro atoms. The van der Waals surface area contributed by atoms with Crippen molar-refractivity contribution in [2.24, 2.45) is 5.92 Å². The van der Waals surface area contributed by atoms with Crippen molar-refractivity contribution < 1.29 is 9.53 Å². The van der Waals surface area contributed by atoms with Crippen LogP contribution in [0.25, 0.3) is 0 Å². The normalized spacial score (nSPS) is 10.4. The summed E-state index contributed by atoms with van der Waals surface area (Å²) in [5, 5.41) is 5.80. The lowest BCUT2D eigenvalue weighted by Crippen LogP contribution is -2.28. The van der Waals surface area contributed by atoms with Gasteiger partial charge < -0.3 is 15.4 Å². The van der Waals surface area contributed by atoms with Crippen LogP contribution in [0.2, 0.25) is 5.28 Å². The highest BCUT2D eigenvalue weighted by atomic mass is 35.5. The number of amides is 1. The van der Waals surface area contributed by atoms with E-state index in [0.717, 1.165) is 0 Å². The van der Waals surface area contributed by atoms with Crippen LogP contribution in [-0.2, 0) is 4.79 Å². The number of rotatable bonds is 8. The predicted molar refractivity (Wildman–Crippen MR) is 77.0 cm³/mol. The van der Waals surface area contributed by atoms with E-state index in [1.165, 1.54) is 0 Å². The number of nitrogens with zero attached hydrogens (tertiary/aromatic N) is 3. The number of hydrogen-bond acceptors (Lipinski definition) is 6. The van der Waals surface area contributed by atoms with Crippen LogP contribution in [0.4, 0.5) is 5.95 Å². The molecule has 0 aliphatic carbocycles. The third-order valence-corrected chi connectivity index (χ3v) is 2.37. The number of aromatic nitrogens is 3. The molecule has 0 bridgehead atoms. The van der Waals surface area contributed by atoms with Crippen molar-refractivity contribution in [3.63, 3.8) is 0 Å². The SMILES string of the molecule is CCOc1nc(Cl)nc(NCCC(=O)NCC(C)C)n1. The third kappa shape index (κ3) is 6.51. The fraction of sp³-hybridized carbons (Fsp3) is 0.667. The van der Waals surface area contributed by atoms with E-state index in [2.05, 4.69) is 25.6 Å². The van der Waals surface area contributed by atoms with Crippen molar-refractivity contribution in [2.45, 2.75) is 27.2 Å². The highest BCUT2D eigenvalue weighted by Gasteiger charge is 2.06. The Labute approximate surface area is 123 Å². The summed E-state index contributed by atoms with van der Waals surface area (Å²) in [5.41, 5.74) is 0. The molecule has 0 saturated carbocycles. The Morgan fingerprint density at radius 1 is 1.35 bits per heavy atom. The van der Waals surface area contributed by atoms with Gasteiger partial charge in [-0.3, -0.25) is 4.79 Å². The summed E-state index contributed by atoms with van der Waals surface area (Å²) >= 11 is 5.75. The van der Waals surface area contributed by atoms with Crippen molar-refractivity contribution in [2.75, 3.05) is 25.0 Å². The van der Waals surface area contributed by atoms with Crippen LogP contribution in [0.5, 0.6) is 6.01 Å². The van der Waals surface area contributed by atoms with Gasteiger partial charge in [-0.15, -0.1) is 0 Å². The second-order valence-electron chi connectivity index (χ2n) is 4.52. The number of hydrogen-bond donors (Lipinski definition) is 2. The van der Waals surface area contributed by atoms with Crippen LogP contribution >= 0.6 is 11.6 Å². The lowest BCUT2D eigenvalue weighted by Gasteiger charge is -2.09. The zero-order chi connectivity index (χ0) is 15.0. The maximum absolute atomic E-state index is 11.5. The molecule has 7 nitrogen and oxygen atoms in total. The smallest absolute Gasteiger partial charge is 0.322 e. The maximum Gasteiger partial charge on any atom is 0.322 e. The molecule has 0 saturated heterocycles. The summed E-state index contributed by atoms with van der Waals surface area (Å²) in [4.78, 5) is 23.3. The third-order valence-electron chi connectivity index (χ3n) is 2.20. The Balaban J connectivity index is 2.39. The van der Waals surface area contributed by atoms with Crippen molar-refractivity contribution in [3.8, 4) is 6.01 Å². The molecule has 112 valence electrons. The minimum atomic E-state index is -0.0172. The van der Waals surface area contributed by atoms with Gasteiger partial charge in [0, 0.05) is 19.5 Å². The Morgan fingerprint density at radius 3 is 2.75 bits per heavy atom. The lowest BCUT2D eigenvalue weighted by molar-refractivity contribution is -0.120. The fourth-order valence-electron chi connectivity index (χ4n) is 1.30. The van der Waals surface area contributed by atoms with Gasteiger partial charge in [0.25, 0.3) is 0 Å². The van der Waals surface area contributed by atoms with E-state index >= 15 is 0 Å². The van der Waals surface area contributed by atoms with E-state index in [4.69, 9.17) is 16.3 Å². The summed E-state index contributed by atoms with van der Waals surface area (Å²) in [6.07, 6.45) is 0.333. The van der Waals surface area contributed by atoms with Gasteiger partial charge >= 0.3 is 6.01 Å². The minimum absolute atomic E-state index is 0.0172. The van der Waals surface area contributed by atoms with E-state index in [-0.39, 0.29) is 17.2 Å². The van der Waals surface area contributed by atoms with Gasteiger partial charge in [-0.25, -0.2) is 0 Å². The first-order valence-electron chi connectivity index (χ1n) is 6.56. The van der Waals surface area contributed by atoms with Crippen molar-refractivity contribution in [1.29, 1.82) is 0 Å². The van der Waals surface area contributed by atoms with E-state index in [1.54, 1.807) is 0 Å². The Morgan fingerprint density at radius 2 is 2.10 bits per heavy atom. The van der Waals surface area contributed by atoms with E-state index in [0.29, 0.717) is 38.0 Å². The van der Waals surface area contributed by atoms with Crippen LogP contribution in [0.3, 0.4) is 0 Å². The van der Waals surface area contributed by atoms with E-state index in [1.807, 2.05) is 20.8 Å². The largest absolute Gasteiger partial charge is 0.464 e. The van der Waals surface area contributed by atoms with Crippen molar-refractivity contribution >= 4 is 23.5 Å². The summed E-state index contributed by atoms with van der Waals surface area (Å²) in [6.45, 7) is 7.43. The van der Waals surface area contributed by atoms with Gasteiger partial charge in [-0.1, -0.05) is 13.8 Å². The lowest BCUT2D eigenvalue weighted by atomic mass is 10.2. The number of nitrogens with one attached hydrogen (secondary N) is 2. The molecule has 0 aromatic carbocycles. The summed E-state index contributed by atoms with van der Waals surface area (Å²) in [5.74, 6) is 0.712. The quantitative estimate of drug-likeness (QED) is 0.756. The predicted octanol–water partition coefficient (Wildman–Crippen LogP) is 1.50. The number of carbonyl (C=O) groups is 1. The monoisotopic (exact) mass is 301 g/mol. The molecule has 0 unspecified atom stereocenters. The standard InChI is InChI=1S/C12H20ClN5O2/c1-4-20-12-17-10(13)16-11(18-12)14-6-5-9(19)15-7-8(2)3/h8H,4-7H2,1-3H3,(H,15,19)(H,14,16,17,18). The zero-order valence-corrected chi connectivity index (χ0v) is 12.7. The molecular weight excluding hydrogens is 282 g/mol. The summed E-state index contributed by atoms with van der Waals surface area (Å²) in [7, 11) is 0. The second-order valence-corrected chi connectivity index (χ2v) is 4.86. The van der Waals surface area contributed by atoms with Crippen LogP contribution < -0.4 is 15.4 Å². The molecule has 0 radical (unpaired) electrons. The Bertz CT molecular complexity index is 442. The average molecular weight is 302 g/mol. The number of ether oxygens (including phenoxy) is 1. The molecule has 8 heteroatoms. The number of halogens is 1. The zero-order valence-electron chi connectivity index (χ0n) is 11.9. The topological polar surface area (TPSA) is 89.0 Å². The van der Waals surface area contributed by atoms with Crippen molar-refractivity contribution in [3.05, 3.63) is 5.28 Å². The highest BCUT2D eigenvalue weighted by molar-refractivity contribution is 6.28. The van der Waals surface area contributed by atoms with Crippen LogP contribution in [-0.4, -0.2) is 40.6 Å². The van der Waals surface area contributed by atoms with Gasteiger partial charge in [0.2, 0.25) is 17.1 Å². The number of anilines is 1. The molecule has 1 rings (SSSR count). The van der Waals surface area contributed by atoms with Crippen LogP contribution in [0.1, 0.15) is 27.2 Å². The molecular formula is C12H20ClN5O2. The first-order valence-corrected chi connectivity index (χ1v) is 6.94. The van der Waals surface area contributed by atoms with Crippen molar-refractivity contribution in [1.82, 2.24) is 20.3 Å². The second kappa shape index (κ2) is 8.52. The summed E-state index contributed by atoms with van der Waals surface area (Å²) in [6, 6.07) is 0.166. The molecule has 2 N–H and O–H groups in total. The Hall–Kier alpha value is -1.63. The maximum atomic E-state index is 11.5. The molecule has 1 aromatic heterocycles. The Kier molecular flexibility index (Phi) is 7.00.